The van der Waals surface area contributed by atoms with Gasteiger partial charge in [0, 0.05) is 18.2 Å². The van der Waals surface area contributed by atoms with E-state index >= 15 is 0 Å². The highest BCUT2D eigenvalue weighted by Crippen LogP contribution is 2.32. The van der Waals surface area contributed by atoms with Crippen molar-refractivity contribution in [2.24, 2.45) is 4.99 Å². The molecule has 0 bridgehead atoms. The maximum atomic E-state index is 12.4. The molecule has 0 fully saturated rings. The van der Waals surface area contributed by atoms with Crippen LogP contribution in [0.4, 0.5) is 0 Å². The highest BCUT2D eigenvalue weighted by molar-refractivity contribution is 7.73. The Balaban J connectivity index is 1.95. The van der Waals surface area contributed by atoms with Crippen LogP contribution in [0, 0.1) is 10.9 Å². The first kappa shape index (κ1) is 18.5. The second-order valence-electron chi connectivity index (χ2n) is 5.89. The summed E-state index contributed by atoms with van der Waals surface area (Å²) < 4.78 is 6.89. The van der Waals surface area contributed by atoms with Crippen molar-refractivity contribution in [3.05, 3.63) is 43.2 Å². The van der Waals surface area contributed by atoms with Crippen molar-refractivity contribution < 1.29 is 19.4 Å². The van der Waals surface area contributed by atoms with Gasteiger partial charge in [-0.2, -0.15) is 0 Å². The number of aromatic hydroxyl groups is 1. The van der Waals surface area contributed by atoms with E-state index in [0.717, 1.165) is 5.56 Å². The van der Waals surface area contributed by atoms with E-state index in [9.17, 15) is 14.7 Å². The largest absolute Gasteiger partial charge is 0.493 e. The summed E-state index contributed by atoms with van der Waals surface area (Å²) in [7, 11) is 0. The molecule has 8 heteroatoms. The predicted molar refractivity (Wildman–Crippen MR) is 100 cm³/mol. The Bertz CT molecular complexity index is 1070. The number of hydrogen-bond donors (Lipinski definition) is 1. The Hall–Kier alpha value is -2.32. The summed E-state index contributed by atoms with van der Waals surface area (Å²) in [5.41, 5.74) is 1.38. The van der Waals surface area contributed by atoms with Crippen LogP contribution in [-0.4, -0.2) is 28.2 Å². The van der Waals surface area contributed by atoms with Gasteiger partial charge in [-0.15, -0.1) is 11.3 Å². The first-order valence-electron chi connectivity index (χ1n) is 8.25. The Labute approximate surface area is 159 Å². The predicted octanol–water partition coefficient (Wildman–Crippen LogP) is 2.00. The molecule has 0 spiro atoms. The average Bonchev–Trinajstić information content (AvgIpc) is 3.04. The quantitative estimate of drug-likeness (QED) is 0.603. The van der Waals surface area contributed by atoms with Gasteiger partial charge in [-0.3, -0.25) is 14.2 Å². The molecule has 26 heavy (non-hydrogen) atoms. The molecule has 1 amide bonds. The molecule has 0 atom stereocenters. The molecule has 1 N–H and O–H groups in total. The van der Waals surface area contributed by atoms with Gasteiger partial charge in [-0.1, -0.05) is 11.6 Å². The van der Waals surface area contributed by atoms with Crippen molar-refractivity contribution in [3.63, 3.8) is 0 Å². The monoisotopic (exact) mass is 390 g/mol. The molecular weight excluding hydrogens is 372 g/mol. The summed E-state index contributed by atoms with van der Waals surface area (Å²) in [6, 6.07) is 5.56. The van der Waals surface area contributed by atoms with E-state index in [1.165, 1.54) is 11.3 Å². The van der Waals surface area contributed by atoms with E-state index in [1.807, 2.05) is 19.1 Å². The number of nitrogens with zero attached hydrogens (tertiary/aromatic N) is 2. The maximum absolute atomic E-state index is 12.4. The molecule has 2 aromatic rings. The molecule has 0 aliphatic carbocycles. The molecule has 0 radical (unpaired) electrons. The fourth-order valence-corrected chi connectivity index (χ4v) is 4.21. The molecule has 0 saturated carbocycles. The van der Waals surface area contributed by atoms with Crippen LogP contribution < -0.4 is 10.6 Å². The van der Waals surface area contributed by atoms with Crippen LogP contribution in [0.5, 0.6) is 5.88 Å². The number of aromatic nitrogens is 1. The summed E-state index contributed by atoms with van der Waals surface area (Å²) in [6.07, 6.45) is 0.729. The molecular formula is C18H18N2O4S2. The van der Waals surface area contributed by atoms with Gasteiger partial charge in [0.1, 0.15) is 4.88 Å². The van der Waals surface area contributed by atoms with Crippen LogP contribution in [0.1, 0.15) is 30.2 Å². The van der Waals surface area contributed by atoms with Crippen LogP contribution in [0.2, 0.25) is 0 Å². The van der Waals surface area contributed by atoms with E-state index in [-0.39, 0.29) is 24.2 Å². The van der Waals surface area contributed by atoms with E-state index in [0.29, 0.717) is 44.6 Å². The smallest absolute Gasteiger partial charge is 0.305 e. The Morgan fingerprint density at radius 1 is 1.42 bits per heavy atom. The number of fused-ring (bicyclic) bond motifs is 1. The molecule has 3 rings (SSSR count). The second kappa shape index (κ2) is 7.51. The van der Waals surface area contributed by atoms with Gasteiger partial charge in [0.05, 0.1) is 17.5 Å². The van der Waals surface area contributed by atoms with E-state index < -0.39 is 0 Å². The minimum absolute atomic E-state index is 0.0586. The minimum atomic E-state index is -0.379. The molecule has 1 aromatic carbocycles. The van der Waals surface area contributed by atoms with Gasteiger partial charge in [0.15, 0.2) is 3.95 Å². The highest BCUT2D eigenvalue weighted by atomic mass is 32.1. The van der Waals surface area contributed by atoms with Gasteiger partial charge >= 0.3 is 5.97 Å². The third-order valence-electron chi connectivity index (χ3n) is 4.02. The summed E-state index contributed by atoms with van der Waals surface area (Å²) in [4.78, 5) is 28.3. The van der Waals surface area contributed by atoms with Crippen LogP contribution >= 0.6 is 23.6 Å². The topological polar surface area (TPSA) is 80.9 Å². The number of carbonyl (C=O) groups is 2. The normalized spacial score (nSPS) is 12.8. The summed E-state index contributed by atoms with van der Waals surface area (Å²) in [5.74, 6) is -0.718. The number of aryl methyl sites for hydroxylation is 1. The van der Waals surface area contributed by atoms with Crippen LogP contribution in [-0.2, 0) is 20.9 Å². The molecule has 1 aromatic heterocycles. The van der Waals surface area contributed by atoms with Crippen molar-refractivity contribution in [3.8, 4) is 5.88 Å². The van der Waals surface area contributed by atoms with E-state index in [4.69, 9.17) is 17.0 Å². The number of benzene rings is 1. The Morgan fingerprint density at radius 3 is 2.92 bits per heavy atom. The lowest BCUT2D eigenvalue weighted by Gasteiger charge is -2.05. The number of rotatable bonds is 6. The lowest BCUT2D eigenvalue weighted by atomic mass is 10.1. The molecule has 0 unspecified atom stereocenters. The molecule has 1 aliphatic heterocycles. The van der Waals surface area contributed by atoms with Crippen molar-refractivity contribution >= 4 is 41.0 Å². The molecule has 1 aliphatic rings. The summed E-state index contributed by atoms with van der Waals surface area (Å²) in [6.45, 7) is 4.41. The minimum Gasteiger partial charge on any atom is -0.493 e. The standard InChI is InChI=1S/C18H18N2O4S2/c1-3-24-13(21)5-4-8-20-17(23)15(26-18(20)25)14-11-9-10(2)6-7-12(11)19-16(14)22/h6-7,9,23H,3-5,8H2,1-2H3. The fraction of sp³-hybridized carbons (Fsp3) is 0.333. The van der Waals surface area contributed by atoms with Crippen molar-refractivity contribution in [2.75, 3.05) is 6.61 Å². The van der Waals surface area contributed by atoms with Gasteiger partial charge in [-0.05, 0) is 44.6 Å². The first-order chi connectivity index (χ1) is 12.4. The number of amides is 1. The Morgan fingerprint density at radius 2 is 2.19 bits per heavy atom. The summed E-state index contributed by atoms with van der Waals surface area (Å²) in [5, 5.41) is 11.9. The summed E-state index contributed by atoms with van der Waals surface area (Å²) >= 11 is 6.51. The van der Waals surface area contributed by atoms with Crippen LogP contribution in [0.25, 0.3) is 5.57 Å². The van der Waals surface area contributed by atoms with Crippen molar-refractivity contribution in [1.29, 1.82) is 0 Å². The number of ether oxygens (including phenoxy) is 1. The van der Waals surface area contributed by atoms with E-state index in [1.54, 1.807) is 17.6 Å². The van der Waals surface area contributed by atoms with Gasteiger partial charge in [0.2, 0.25) is 5.88 Å². The van der Waals surface area contributed by atoms with E-state index in [2.05, 4.69) is 4.99 Å². The lowest BCUT2D eigenvalue weighted by Crippen LogP contribution is -2.23. The van der Waals surface area contributed by atoms with Gasteiger partial charge in [0.25, 0.3) is 5.91 Å². The average molecular weight is 390 g/mol. The molecule has 6 nitrogen and oxygen atoms in total. The SMILES string of the molecule is CCOC(=O)CCCn1c(O)c(C2=c3cc(C)ccc3=NC2=O)sc1=S. The number of esters is 1. The van der Waals surface area contributed by atoms with Crippen LogP contribution in [0.3, 0.4) is 0 Å². The number of carbonyl (C=O) groups excluding carboxylic acids is 2. The highest BCUT2D eigenvalue weighted by Gasteiger charge is 2.25. The zero-order valence-electron chi connectivity index (χ0n) is 14.4. The number of hydrogen-bond acceptors (Lipinski definition) is 6. The third-order valence-corrected chi connectivity index (χ3v) is 5.48. The maximum Gasteiger partial charge on any atom is 0.305 e. The Kier molecular flexibility index (Phi) is 5.33. The zero-order valence-corrected chi connectivity index (χ0v) is 16.1. The third kappa shape index (κ3) is 3.47. The van der Waals surface area contributed by atoms with Crippen molar-refractivity contribution in [2.45, 2.75) is 33.2 Å². The van der Waals surface area contributed by atoms with Gasteiger partial charge in [-0.25, -0.2) is 4.99 Å². The van der Waals surface area contributed by atoms with Gasteiger partial charge < -0.3 is 9.84 Å². The fourth-order valence-electron chi connectivity index (χ4n) is 2.82. The molecule has 136 valence electrons. The molecule has 0 saturated heterocycles. The lowest BCUT2D eigenvalue weighted by molar-refractivity contribution is -0.143. The van der Waals surface area contributed by atoms with Crippen LogP contribution in [0.15, 0.2) is 23.2 Å². The first-order valence-corrected chi connectivity index (χ1v) is 9.47. The zero-order chi connectivity index (χ0) is 18.8. The molecule has 2 heterocycles. The second-order valence-corrected chi connectivity index (χ2v) is 7.54. The van der Waals surface area contributed by atoms with Crippen molar-refractivity contribution in [1.82, 2.24) is 4.57 Å². The number of thiazole rings is 1.